The van der Waals surface area contributed by atoms with Crippen molar-refractivity contribution in [2.75, 3.05) is 6.61 Å². The Hall–Kier alpha value is -2.35. The zero-order valence-electron chi connectivity index (χ0n) is 12.1. The largest absolute Gasteiger partial charge is 0.463 e. The van der Waals surface area contributed by atoms with Gasteiger partial charge in [0.15, 0.2) is 0 Å². The van der Waals surface area contributed by atoms with Crippen LogP contribution in [0.3, 0.4) is 0 Å². The van der Waals surface area contributed by atoms with Crippen LogP contribution in [0.4, 0.5) is 0 Å². The van der Waals surface area contributed by atoms with Crippen molar-refractivity contribution in [2.24, 2.45) is 0 Å². The number of fused-ring (bicyclic) bond motifs is 2. The summed E-state index contributed by atoms with van der Waals surface area (Å²) in [5.41, 5.74) is 6.07. The molecular formula is C19H18O2. The minimum Gasteiger partial charge on any atom is -0.463 e. The van der Waals surface area contributed by atoms with Gasteiger partial charge in [0.1, 0.15) is 0 Å². The summed E-state index contributed by atoms with van der Waals surface area (Å²) in [6, 6.07) is 16.7. The summed E-state index contributed by atoms with van der Waals surface area (Å²) in [6.07, 6.45) is 3.32. The van der Waals surface area contributed by atoms with Crippen molar-refractivity contribution in [1.82, 2.24) is 0 Å². The summed E-state index contributed by atoms with van der Waals surface area (Å²) in [6.45, 7) is 2.23. The van der Waals surface area contributed by atoms with Crippen molar-refractivity contribution in [2.45, 2.75) is 19.8 Å². The third-order valence-corrected chi connectivity index (χ3v) is 3.82. The van der Waals surface area contributed by atoms with E-state index in [1.165, 1.54) is 16.7 Å². The number of ether oxygens (including phenoxy) is 1. The quantitative estimate of drug-likeness (QED) is 0.617. The summed E-state index contributed by atoms with van der Waals surface area (Å²) in [5, 5.41) is 0. The Morgan fingerprint density at radius 2 is 1.62 bits per heavy atom. The van der Waals surface area contributed by atoms with E-state index in [4.69, 9.17) is 4.74 Å². The van der Waals surface area contributed by atoms with Crippen molar-refractivity contribution in [3.8, 4) is 0 Å². The number of carbonyl (C=O) groups is 1. The predicted octanol–water partition coefficient (Wildman–Crippen LogP) is 3.78. The molecule has 0 spiro atoms. The molecule has 0 fully saturated rings. The van der Waals surface area contributed by atoms with Gasteiger partial charge in [-0.05, 0) is 47.6 Å². The molecule has 0 aromatic heterocycles. The lowest BCUT2D eigenvalue weighted by atomic mass is 9.97. The van der Waals surface area contributed by atoms with Crippen LogP contribution in [0.2, 0.25) is 0 Å². The normalized spacial score (nSPS) is 15.0. The molecule has 2 heteroatoms. The molecule has 0 heterocycles. The van der Waals surface area contributed by atoms with Crippen LogP contribution in [-0.2, 0) is 22.4 Å². The monoisotopic (exact) mass is 278 g/mol. The molecule has 0 bridgehead atoms. The summed E-state index contributed by atoms with van der Waals surface area (Å²) in [4.78, 5) is 11.8. The summed E-state index contributed by atoms with van der Waals surface area (Å²) >= 11 is 0. The van der Waals surface area contributed by atoms with E-state index in [1.807, 2.05) is 13.0 Å². The zero-order chi connectivity index (χ0) is 14.7. The molecule has 0 aliphatic heterocycles. The van der Waals surface area contributed by atoms with Crippen molar-refractivity contribution in [3.63, 3.8) is 0 Å². The van der Waals surface area contributed by atoms with Crippen LogP contribution < -0.4 is 0 Å². The van der Waals surface area contributed by atoms with Crippen LogP contribution in [-0.4, -0.2) is 12.6 Å². The fourth-order valence-corrected chi connectivity index (χ4v) is 2.85. The molecule has 0 saturated carbocycles. The highest BCUT2D eigenvalue weighted by atomic mass is 16.5. The van der Waals surface area contributed by atoms with Crippen LogP contribution >= 0.6 is 0 Å². The number of esters is 1. The van der Waals surface area contributed by atoms with Gasteiger partial charge in [0, 0.05) is 6.08 Å². The van der Waals surface area contributed by atoms with Crippen LogP contribution in [0.1, 0.15) is 29.2 Å². The van der Waals surface area contributed by atoms with E-state index in [0.717, 1.165) is 24.0 Å². The molecule has 1 aliphatic carbocycles. The molecule has 0 radical (unpaired) electrons. The van der Waals surface area contributed by atoms with E-state index in [-0.39, 0.29) is 5.97 Å². The van der Waals surface area contributed by atoms with Crippen molar-refractivity contribution in [1.29, 1.82) is 0 Å². The lowest BCUT2D eigenvalue weighted by Gasteiger charge is -2.08. The maximum atomic E-state index is 11.8. The van der Waals surface area contributed by atoms with E-state index in [0.29, 0.717) is 6.61 Å². The first-order valence-corrected chi connectivity index (χ1v) is 7.30. The average Bonchev–Trinajstić information content (AvgIpc) is 2.64. The second kappa shape index (κ2) is 5.96. The lowest BCUT2D eigenvalue weighted by molar-refractivity contribution is -0.137. The van der Waals surface area contributed by atoms with E-state index in [2.05, 4.69) is 42.5 Å². The predicted molar refractivity (Wildman–Crippen MR) is 84.0 cm³/mol. The molecule has 2 aromatic carbocycles. The highest BCUT2D eigenvalue weighted by molar-refractivity contribution is 5.92. The third kappa shape index (κ3) is 2.89. The van der Waals surface area contributed by atoms with E-state index >= 15 is 0 Å². The second-order valence-corrected chi connectivity index (χ2v) is 5.20. The van der Waals surface area contributed by atoms with Crippen molar-refractivity contribution < 1.29 is 9.53 Å². The Morgan fingerprint density at radius 3 is 2.33 bits per heavy atom. The van der Waals surface area contributed by atoms with Gasteiger partial charge in [0.2, 0.25) is 0 Å². The summed E-state index contributed by atoms with van der Waals surface area (Å²) < 4.78 is 5.07. The first kappa shape index (κ1) is 13.6. The van der Waals surface area contributed by atoms with Gasteiger partial charge in [-0.25, -0.2) is 4.79 Å². The SMILES string of the molecule is CCOC(=O)/C=C1/Cc2ccccc2Cc2ccccc21. The van der Waals surface area contributed by atoms with Gasteiger partial charge < -0.3 is 4.74 Å². The second-order valence-electron chi connectivity index (χ2n) is 5.20. The van der Waals surface area contributed by atoms with Crippen LogP contribution in [0, 0.1) is 0 Å². The standard InChI is InChI=1S/C19H18O2/c1-2-21-19(20)13-17-12-15-8-4-3-7-14(15)11-16-9-5-6-10-18(16)17/h3-10,13H,2,11-12H2,1H3/b17-13-. The van der Waals surface area contributed by atoms with Gasteiger partial charge in [-0.2, -0.15) is 0 Å². The van der Waals surface area contributed by atoms with E-state index < -0.39 is 0 Å². The molecule has 2 nitrogen and oxygen atoms in total. The number of hydrogen-bond acceptors (Lipinski definition) is 2. The first-order chi connectivity index (χ1) is 10.3. The fraction of sp³-hybridized carbons (Fsp3) is 0.211. The number of rotatable bonds is 2. The molecule has 21 heavy (non-hydrogen) atoms. The molecular weight excluding hydrogens is 260 g/mol. The molecule has 0 unspecified atom stereocenters. The minimum atomic E-state index is -0.262. The summed E-state index contributed by atoms with van der Waals surface area (Å²) in [5.74, 6) is -0.262. The molecule has 0 amide bonds. The summed E-state index contributed by atoms with van der Waals surface area (Å²) in [7, 11) is 0. The van der Waals surface area contributed by atoms with Crippen LogP contribution in [0.15, 0.2) is 54.6 Å². The van der Waals surface area contributed by atoms with E-state index in [1.54, 1.807) is 6.08 Å². The molecule has 3 rings (SSSR count). The minimum absolute atomic E-state index is 0.262. The number of hydrogen-bond donors (Lipinski definition) is 0. The molecule has 0 atom stereocenters. The highest BCUT2D eigenvalue weighted by Gasteiger charge is 2.17. The van der Waals surface area contributed by atoms with Crippen molar-refractivity contribution in [3.05, 3.63) is 76.9 Å². The smallest absolute Gasteiger partial charge is 0.331 e. The molecule has 0 saturated heterocycles. The maximum Gasteiger partial charge on any atom is 0.331 e. The first-order valence-electron chi connectivity index (χ1n) is 7.30. The zero-order valence-corrected chi connectivity index (χ0v) is 12.1. The Bertz CT molecular complexity index is 698. The van der Waals surface area contributed by atoms with Gasteiger partial charge >= 0.3 is 5.97 Å². The molecule has 1 aliphatic rings. The lowest BCUT2D eigenvalue weighted by Crippen LogP contribution is -2.02. The van der Waals surface area contributed by atoms with Gasteiger partial charge in [-0.3, -0.25) is 0 Å². The Kier molecular flexibility index (Phi) is 3.87. The third-order valence-electron chi connectivity index (χ3n) is 3.82. The number of benzene rings is 2. The Labute approximate surface area is 125 Å². The van der Waals surface area contributed by atoms with Gasteiger partial charge in [0.05, 0.1) is 6.61 Å². The number of carbonyl (C=O) groups excluding carboxylic acids is 1. The Balaban J connectivity index is 2.09. The van der Waals surface area contributed by atoms with Crippen molar-refractivity contribution >= 4 is 11.5 Å². The van der Waals surface area contributed by atoms with Crippen LogP contribution in [0.5, 0.6) is 0 Å². The number of allylic oxidation sites excluding steroid dienone is 1. The molecule has 0 N–H and O–H groups in total. The van der Waals surface area contributed by atoms with Gasteiger partial charge in [-0.15, -0.1) is 0 Å². The molecule has 2 aromatic rings. The maximum absolute atomic E-state index is 11.8. The Morgan fingerprint density at radius 1 is 1.00 bits per heavy atom. The van der Waals surface area contributed by atoms with E-state index in [9.17, 15) is 4.79 Å². The van der Waals surface area contributed by atoms with Gasteiger partial charge in [-0.1, -0.05) is 48.5 Å². The fourth-order valence-electron chi connectivity index (χ4n) is 2.85. The average molecular weight is 278 g/mol. The highest BCUT2D eigenvalue weighted by Crippen LogP contribution is 2.31. The van der Waals surface area contributed by atoms with Crippen LogP contribution in [0.25, 0.3) is 5.57 Å². The van der Waals surface area contributed by atoms with Gasteiger partial charge in [0.25, 0.3) is 0 Å². The topological polar surface area (TPSA) is 26.3 Å². The molecule has 106 valence electrons.